The van der Waals surface area contributed by atoms with Crippen molar-refractivity contribution in [2.45, 2.75) is 32.6 Å². The summed E-state index contributed by atoms with van der Waals surface area (Å²) in [5.74, 6) is -0.368. The third kappa shape index (κ3) is 3.90. The topological polar surface area (TPSA) is 35.8 Å². The number of nitrogens with zero attached hydrogens (tertiary/aromatic N) is 1. The molecule has 1 N–H and O–H groups in total. The van der Waals surface area contributed by atoms with Crippen LogP contribution in [-0.4, -0.2) is 6.54 Å². The van der Waals surface area contributed by atoms with Crippen LogP contribution in [0.25, 0.3) is 0 Å². The van der Waals surface area contributed by atoms with Crippen molar-refractivity contribution in [3.8, 4) is 6.07 Å². The lowest BCUT2D eigenvalue weighted by Gasteiger charge is -2.07. The quantitative estimate of drug-likeness (QED) is 0.742. The van der Waals surface area contributed by atoms with Gasteiger partial charge < -0.3 is 5.32 Å². The number of halogens is 1. The highest BCUT2D eigenvalue weighted by Gasteiger charge is 2.02. The molecule has 0 aliphatic heterocycles. The van der Waals surface area contributed by atoms with Crippen molar-refractivity contribution in [2.75, 3.05) is 11.9 Å². The van der Waals surface area contributed by atoms with E-state index in [0.29, 0.717) is 5.56 Å². The van der Waals surface area contributed by atoms with E-state index in [4.69, 9.17) is 5.26 Å². The third-order valence-electron chi connectivity index (χ3n) is 2.45. The first-order valence-electron chi connectivity index (χ1n) is 5.71. The second-order valence-corrected chi connectivity index (χ2v) is 3.79. The second-order valence-electron chi connectivity index (χ2n) is 3.79. The third-order valence-corrected chi connectivity index (χ3v) is 2.45. The Kier molecular flexibility index (Phi) is 5.35. The summed E-state index contributed by atoms with van der Waals surface area (Å²) in [5.41, 5.74) is 1.09. The van der Waals surface area contributed by atoms with Crippen molar-refractivity contribution < 1.29 is 4.39 Å². The van der Waals surface area contributed by atoms with E-state index in [-0.39, 0.29) is 5.82 Å². The molecule has 0 atom stereocenters. The molecule has 0 aliphatic rings. The summed E-state index contributed by atoms with van der Waals surface area (Å²) in [5, 5.41) is 12.0. The summed E-state index contributed by atoms with van der Waals surface area (Å²) in [4.78, 5) is 0. The van der Waals surface area contributed by atoms with Crippen LogP contribution in [0.3, 0.4) is 0 Å². The first kappa shape index (κ1) is 12.5. The zero-order chi connectivity index (χ0) is 11.8. The fourth-order valence-corrected chi connectivity index (χ4v) is 1.54. The van der Waals surface area contributed by atoms with Gasteiger partial charge in [0.2, 0.25) is 0 Å². The summed E-state index contributed by atoms with van der Waals surface area (Å²) in [6.45, 7) is 3.00. The van der Waals surface area contributed by atoms with Gasteiger partial charge in [-0.05, 0) is 24.6 Å². The van der Waals surface area contributed by atoms with Crippen molar-refractivity contribution in [3.63, 3.8) is 0 Å². The van der Waals surface area contributed by atoms with Crippen LogP contribution >= 0.6 is 0 Å². The molecule has 0 bridgehead atoms. The monoisotopic (exact) mass is 220 g/mol. The number of nitrogens with one attached hydrogen (secondary N) is 1. The fraction of sp³-hybridized carbons (Fsp3) is 0.462. The minimum absolute atomic E-state index is 0.368. The van der Waals surface area contributed by atoms with Gasteiger partial charge in [0.05, 0.1) is 11.3 Å². The van der Waals surface area contributed by atoms with E-state index in [0.717, 1.165) is 18.7 Å². The molecule has 0 saturated heterocycles. The van der Waals surface area contributed by atoms with E-state index in [1.165, 1.54) is 31.4 Å². The van der Waals surface area contributed by atoms with Gasteiger partial charge in [-0.1, -0.05) is 26.2 Å². The molecular weight excluding hydrogens is 203 g/mol. The van der Waals surface area contributed by atoms with Crippen molar-refractivity contribution in [1.29, 1.82) is 5.26 Å². The average Bonchev–Trinajstić information content (AvgIpc) is 2.30. The number of anilines is 1. The number of benzene rings is 1. The van der Waals surface area contributed by atoms with Crippen molar-refractivity contribution >= 4 is 5.69 Å². The SMILES string of the molecule is CCCCCCNc1ccc(F)cc1C#N. The zero-order valence-corrected chi connectivity index (χ0v) is 9.59. The van der Waals surface area contributed by atoms with Gasteiger partial charge in [-0.15, -0.1) is 0 Å². The van der Waals surface area contributed by atoms with Gasteiger partial charge in [0.15, 0.2) is 0 Å². The number of hydrogen-bond acceptors (Lipinski definition) is 2. The molecule has 3 heteroatoms. The van der Waals surface area contributed by atoms with Crippen LogP contribution in [0.1, 0.15) is 38.2 Å². The van der Waals surface area contributed by atoms with Gasteiger partial charge in [0.25, 0.3) is 0 Å². The lowest BCUT2D eigenvalue weighted by atomic mass is 10.1. The molecular formula is C13H17FN2. The summed E-state index contributed by atoms with van der Waals surface area (Å²) in [6, 6.07) is 6.23. The van der Waals surface area contributed by atoms with Crippen LogP contribution in [0.4, 0.5) is 10.1 Å². The molecule has 0 unspecified atom stereocenters. The minimum Gasteiger partial charge on any atom is -0.384 e. The first-order valence-corrected chi connectivity index (χ1v) is 5.71. The van der Waals surface area contributed by atoms with Crippen LogP contribution in [0.2, 0.25) is 0 Å². The van der Waals surface area contributed by atoms with Gasteiger partial charge in [-0.3, -0.25) is 0 Å². The molecule has 1 aromatic rings. The highest BCUT2D eigenvalue weighted by molar-refractivity contribution is 5.57. The van der Waals surface area contributed by atoms with Gasteiger partial charge in [0.1, 0.15) is 11.9 Å². The molecule has 0 amide bonds. The smallest absolute Gasteiger partial charge is 0.124 e. The van der Waals surface area contributed by atoms with E-state index in [1.54, 1.807) is 6.07 Å². The van der Waals surface area contributed by atoms with Crippen LogP contribution in [-0.2, 0) is 0 Å². The number of rotatable bonds is 6. The summed E-state index contributed by atoms with van der Waals surface area (Å²) in [6.07, 6.45) is 4.71. The van der Waals surface area contributed by atoms with Crippen molar-refractivity contribution in [1.82, 2.24) is 0 Å². The number of unbranched alkanes of at least 4 members (excludes halogenated alkanes) is 3. The predicted octanol–water partition coefficient (Wildman–Crippen LogP) is 3.69. The molecule has 0 saturated carbocycles. The average molecular weight is 220 g/mol. The van der Waals surface area contributed by atoms with Crippen LogP contribution in [0, 0.1) is 17.1 Å². The molecule has 1 aromatic carbocycles. The van der Waals surface area contributed by atoms with E-state index in [9.17, 15) is 4.39 Å². The Bertz CT molecular complexity index is 369. The van der Waals surface area contributed by atoms with E-state index in [2.05, 4.69) is 12.2 Å². The zero-order valence-electron chi connectivity index (χ0n) is 9.59. The Labute approximate surface area is 96.1 Å². The van der Waals surface area contributed by atoms with Crippen molar-refractivity contribution in [2.24, 2.45) is 0 Å². The van der Waals surface area contributed by atoms with Gasteiger partial charge in [-0.2, -0.15) is 5.26 Å². The molecule has 2 nitrogen and oxygen atoms in total. The maximum Gasteiger partial charge on any atom is 0.124 e. The molecule has 0 aliphatic carbocycles. The normalized spacial score (nSPS) is 9.81. The van der Waals surface area contributed by atoms with Crippen molar-refractivity contribution in [3.05, 3.63) is 29.6 Å². The molecule has 0 radical (unpaired) electrons. The second kappa shape index (κ2) is 6.84. The summed E-state index contributed by atoms with van der Waals surface area (Å²) in [7, 11) is 0. The number of hydrogen-bond donors (Lipinski definition) is 1. The Morgan fingerprint density at radius 1 is 1.31 bits per heavy atom. The van der Waals surface area contributed by atoms with E-state index in [1.807, 2.05) is 6.07 Å². The molecule has 86 valence electrons. The summed E-state index contributed by atoms with van der Waals surface area (Å²) >= 11 is 0. The van der Waals surface area contributed by atoms with Crippen LogP contribution in [0.5, 0.6) is 0 Å². The molecule has 0 spiro atoms. The molecule has 0 heterocycles. The van der Waals surface area contributed by atoms with Gasteiger partial charge >= 0.3 is 0 Å². The standard InChI is InChI=1S/C13H17FN2/c1-2-3-4-5-8-16-13-7-6-12(14)9-11(13)10-15/h6-7,9,16H,2-5,8H2,1H3. The molecule has 0 aromatic heterocycles. The van der Waals surface area contributed by atoms with Crippen LogP contribution < -0.4 is 5.32 Å². The molecule has 0 fully saturated rings. The lowest BCUT2D eigenvalue weighted by Crippen LogP contribution is -2.03. The molecule has 16 heavy (non-hydrogen) atoms. The largest absolute Gasteiger partial charge is 0.384 e. The highest BCUT2D eigenvalue weighted by Crippen LogP contribution is 2.16. The Hall–Kier alpha value is -1.56. The fourth-order valence-electron chi connectivity index (χ4n) is 1.54. The van der Waals surface area contributed by atoms with Gasteiger partial charge in [0, 0.05) is 6.54 Å². The lowest BCUT2D eigenvalue weighted by molar-refractivity contribution is 0.627. The highest BCUT2D eigenvalue weighted by atomic mass is 19.1. The Balaban J connectivity index is 2.45. The molecule has 1 rings (SSSR count). The maximum atomic E-state index is 12.8. The Morgan fingerprint density at radius 2 is 2.12 bits per heavy atom. The number of nitriles is 1. The van der Waals surface area contributed by atoms with E-state index >= 15 is 0 Å². The van der Waals surface area contributed by atoms with E-state index < -0.39 is 0 Å². The predicted molar refractivity (Wildman–Crippen MR) is 63.7 cm³/mol. The first-order chi connectivity index (χ1) is 7.77. The van der Waals surface area contributed by atoms with Gasteiger partial charge in [-0.25, -0.2) is 4.39 Å². The summed E-state index contributed by atoms with van der Waals surface area (Å²) < 4.78 is 12.8. The van der Waals surface area contributed by atoms with Crippen LogP contribution in [0.15, 0.2) is 18.2 Å². The maximum absolute atomic E-state index is 12.8. The minimum atomic E-state index is -0.368. The Morgan fingerprint density at radius 3 is 2.81 bits per heavy atom.